The van der Waals surface area contributed by atoms with Gasteiger partial charge in [0.2, 0.25) is 0 Å². The molecular formula is C12H15FO. The number of halogens is 1. The SMILES string of the molecule is CC(C)C1CCOc2c(F)cccc21. The van der Waals surface area contributed by atoms with E-state index in [1.807, 2.05) is 6.07 Å². The van der Waals surface area contributed by atoms with E-state index < -0.39 is 0 Å². The summed E-state index contributed by atoms with van der Waals surface area (Å²) in [5.74, 6) is 1.22. The molecule has 1 nitrogen and oxygen atoms in total. The number of para-hydroxylation sites is 1. The number of hydrogen-bond acceptors (Lipinski definition) is 1. The van der Waals surface area contributed by atoms with Gasteiger partial charge in [-0.2, -0.15) is 0 Å². The standard InChI is InChI=1S/C12H15FO/c1-8(2)9-6-7-14-12-10(9)4-3-5-11(12)13/h3-5,8-9H,6-7H2,1-2H3. The van der Waals surface area contributed by atoms with Gasteiger partial charge in [-0.1, -0.05) is 26.0 Å². The first-order valence-corrected chi connectivity index (χ1v) is 5.11. The van der Waals surface area contributed by atoms with Gasteiger partial charge in [-0.3, -0.25) is 0 Å². The van der Waals surface area contributed by atoms with Crippen molar-refractivity contribution in [2.75, 3.05) is 6.61 Å². The number of hydrogen-bond donors (Lipinski definition) is 0. The van der Waals surface area contributed by atoms with Crippen molar-refractivity contribution >= 4 is 0 Å². The summed E-state index contributed by atoms with van der Waals surface area (Å²) in [6, 6.07) is 5.20. The largest absolute Gasteiger partial charge is 0.490 e. The Morgan fingerprint density at radius 2 is 2.21 bits per heavy atom. The molecule has 1 atom stereocenters. The number of benzene rings is 1. The molecule has 0 amide bonds. The van der Waals surface area contributed by atoms with Crippen LogP contribution in [0.4, 0.5) is 4.39 Å². The summed E-state index contributed by atoms with van der Waals surface area (Å²) in [4.78, 5) is 0. The number of fused-ring (bicyclic) bond motifs is 1. The van der Waals surface area contributed by atoms with E-state index >= 15 is 0 Å². The fraction of sp³-hybridized carbons (Fsp3) is 0.500. The van der Waals surface area contributed by atoms with E-state index in [1.54, 1.807) is 6.07 Å². The maximum absolute atomic E-state index is 13.4. The first kappa shape index (κ1) is 9.50. The fourth-order valence-corrected chi connectivity index (χ4v) is 2.11. The van der Waals surface area contributed by atoms with E-state index in [2.05, 4.69) is 13.8 Å². The van der Waals surface area contributed by atoms with Crippen molar-refractivity contribution in [2.24, 2.45) is 5.92 Å². The van der Waals surface area contributed by atoms with Crippen LogP contribution in [0.15, 0.2) is 18.2 Å². The third kappa shape index (κ3) is 1.49. The molecular weight excluding hydrogens is 179 g/mol. The highest BCUT2D eigenvalue weighted by Gasteiger charge is 2.25. The van der Waals surface area contributed by atoms with Gasteiger partial charge in [0.15, 0.2) is 11.6 Å². The molecule has 0 bridgehead atoms. The Balaban J connectivity index is 2.44. The molecule has 1 aliphatic rings. The summed E-state index contributed by atoms with van der Waals surface area (Å²) >= 11 is 0. The van der Waals surface area contributed by atoms with Crippen molar-refractivity contribution in [2.45, 2.75) is 26.2 Å². The van der Waals surface area contributed by atoms with E-state index in [1.165, 1.54) is 6.07 Å². The molecule has 0 radical (unpaired) electrons. The average molecular weight is 194 g/mol. The minimum Gasteiger partial charge on any atom is -0.490 e. The van der Waals surface area contributed by atoms with Crippen LogP contribution in [0.5, 0.6) is 5.75 Å². The molecule has 2 heteroatoms. The van der Waals surface area contributed by atoms with Gasteiger partial charge in [0.1, 0.15) is 0 Å². The molecule has 1 heterocycles. The molecule has 1 unspecified atom stereocenters. The lowest BCUT2D eigenvalue weighted by Crippen LogP contribution is -2.18. The Morgan fingerprint density at radius 3 is 2.93 bits per heavy atom. The van der Waals surface area contributed by atoms with Gasteiger partial charge in [0, 0.05) is 5.56 Å². The van der Waals surface area contributed by atoms with Gasteiger partial charge < -0.3 is 4.74 Å². The van der Waals surface area contributed by atoms with E-state index in [0.717, 1.165) is 12.0 Å². The summed E-state index contributed by atoms with van der Waals surface area (Å²) in [5, 5.41) is 0. The van der Waals surface area contributed by atoms with Crippen LogP contribution < -0.4 is 4.74 Å². The van der Waals surface area contributed by atoms with Crippen molar-refractivity contribution in [3.05, 3.63) is 29.6 Å². The fourth-order valence-electron chi connectivity index (χ4n) is 2.11. The maximum atomic E-state index is 13.4. The Labute approximate surface area is 83.9 Å². The second kappa shape index (κ2) is 3.60. The molecule has 76 valence electrons. The topological polar surface area (TPSA) is 9.23 Å². The highest BCUT2D eigenvalue weighted by molar-refractivity contribution is 5.39. The van der Waals surface area contributed by atoms with Gasteiger partial charge in [-0.25, -0.2) is 4.39 Å². The van der Waals surface area contributed by atoms with E-state index in [9.17, 15) is 4.39 Å². The zero-order chi connectivity index (χ0) is 10.1. The monoisotopic (exact) mass is 194 g/mol. The van der Waals surface area contributed by atoms with Crippen molar-refractivity contribution in [3.8, 4) is 5.75 Å². The van der Waals surface area contributed by atoms with Gasteiger partial charge >= 0.3 is 0 Å². The van der Waals surface area contributed by atoms with E-state index in [-0.39, 0.29) is 5.82 Å². The molecule has 2 rings (SSSR count). The molecule has 1 aliphatic heterocycles. The van der Waals surface area contributed by atoms with Crippen LogP contribution in [-0.4, -0.2) is 6.61 Å². The summed E-state index contributed by atoms with van der Waals surface area (Å²) in [6.07, 6.45) is 0.994. The normalized spacial score (nSPS) is 20.4. The van der Waals surface area contributed by atoms with Gasteiger partial charge in [-0.05, 0) is 24.3 Å². The first-order chi connectivity index (χ1) is 6.70. The highest BCUT2D eigenvalue weighted by atomic mass is 19.1. The van der Waals surface area contributed by atoms with Crippen LogP contribution in [0.3, 0.4) is 0 Å². The lowest BCUT2D eigenvalue weighted by Gasteiger charge is -2.28. The number of rotatable bonds is 1. The van der Waals surface area contributed by atoms with Crippen LogP contribution in [0, 0.1) is 11.7 Å². The summed E-state index contributed by atoms with van der Waals surface area (Å²) in [7, 11) is 0. The zero-order valence-corrected chi connectivity index (χ0v) is 8.59. The van der Waals surface area contributed by atoms with Crippen LogP contribution in [-0.2, 0) is 0 Å². The van der Waals surface area contributed by atoms with Crippen LogP contribution in [0.2, 0.25) is 0 Å². The summed E-state index contributed by atoms with van der Waals surface area (Å²) in [5.41, 5.74) is 1.03. The zero-order valence-electron chi connectivity index (χ0n) is 8.59. The van der Waals surface area contributed by atoms with Gasteiger partial charge in [0.05, 0.1) is 6.61 Å². The Morgan fingerprint density at radius 1 is 1.43 bits per heavy atom. The molecule has 0 spiro atoms. The van der Waals surface area contributed by atoms with Gasteiger partial charge in [0.25, 0.3) is 0 Å². The molecule has 0 aromatic heterocycles. The average Bonchev–Trinajstić information content (AvgIpc) is 2.17. The van der Waals surface area contributed by atoms with Crippen molar-refractivity contribution in [1.29, 1.82) is 0 Å². The van der Waals surface area contributed by atoms with Crippen LogP contribution >= 0.6 is 0 Å². The predicted molar refractivity (Wildman–Crippen MR) is 54.1 cm³/mol. The second-order valence-corrected chi connectivity index (χ2v) is 4.15. The second-order valence-electron chi connectivity index (χ2n) is 4.15. The van der Waals surface area contributed by atoms with Crippen molar-refractivity contribution in [1.82, 2.24) is 0 Å². The smallest absolute Gasteiger partial charge is 0.165 e. The van der Waals surface area contributed by atoms with Crippen LogP contribution in [0.25, 0.3) is 0 Å². The minimum absolute atomic E-state index is 0.229. The van der Waals surface area contributed by atoms with Gasteiger partial charge in [-0.15, -0.1) is 0 Å². The summed E-state index contributed by atoms with van der Waals surface area (Å²) in [6.45, 7) is 4.98. The molecule has 0 saturated heterocycles. The lowest BCUT2D eigenvalue weighted by molar-refractivity contribution is 0.236. The Hall–Kier alpha value is -1.05. The number of ether oxygens (including phenoxy) is 1. The third-order valence-electron chi connectivity index (χ3n) is 2.88. The quantitative estimate of drug-likeness (QED) is 0.666. The maximum Gasteiger partial charge on any atom is 0.165 e. The third-order valence-corrected chi connectivity index (χ3v) is 2.88. The van der Waals surface area contributed by atoms with Crippen LogP contribution in [0.1, 0.15) is 31.7 Å². The minimum atomic E-state index is -0.229. The molecule has 14 heavy (non-hydrogen) atoms. The molecule has 0 fully saturated rings. The Bertz CT molecular complexity index is 333. The van der Waals surface area contributed by atoms with E-state index in [0.29, 0.717) is 24.2 Å². The molecule has 0 N–H and O–H groups in total. The molecule has 1 aromatic rings. The Kier molecular flexibility index (Phi) is 2.44. The summed E-state index contributed by atoms with van der Waals surface area (Å²) < 4.78 is 18.7. The predicted octanol–water partition coefficient (Wildman–Crippen LogP) is 3.35. The van der Waals surface area contributed by atoms with E-state index in [4.69, 9.17) is 4.74 Å². The van der Waals surface area contributed by atoms with Crippen molar-refractivity contribution in [3.63, 3.8) is 0 Å². The lowest BCUT2D eigenvalue weighted by atomic mass is 9.84. The molecule has 1 aromatic carbocycles. The van der Waals surface area contributed by atoms with Crippen molar-refractivity contribution < 1.29 is 9.13 Å². The highest BCUT2D eigenvalue weighted by Crippen LogP contribution is 2.39. The first-order valence-electron chi connectivity index (χ1n) is 5.11. The molecule has 0 aliphatic carbocycles. The molecule has 0 saturated carbocycles.